The normalized spacial score (nSPS) is 10.2. The predicted octanol–water partition coefficient (Wildman–Crippen LogP) is 0.164. The highest BCUT2D eigenvalue weighted by atomic mass is 79.9. The Balaban J connectivity index is 2.78. The maximum Gasteiger partial charge on any atom is 0.328 e. The molecule has 2 N–H and O–H groups in total. The van der Waals surface area contributed by atoms with Crippen molar-refractivity contribution in [1.82, 2.24) is 9.55 Å². The monoisotopic (exact) mass is 276 g/mol. The molecule has 0 fully saturated rings. The maximum absolute atomic E-state index is 11.2. The number of nitrogens with zero attached hydrogens (tertiary/aromatic N) is 1. The summed E-state index contributed by atoms with van der Waals surface area (Å²) in [5.74, 6) is -0.911. The molecule has 0 aromatic carbocycles. The minimum atomic E-state index is -0.911. The molecule has 6 nitrogen and oxygen atoms in total. The van der Waals surface area contributed by atoms with Gasteiger partial charge in [-0.25, -0.2) is 4.79 Å². The summed E-state index contributed by atoms with van der Waals surface area (Å²) >= 11 is 2.98. The number of hydrogen-bond acceptors (Lipinski definition) is 3. The Kier molecular flexibility index (Phi) is 3.84. The van der Waals surface area contributed by atoms with Crippen LogP contribution in [0.5, 0.6) is 0 Å². The van der Waals surface area contributed by atoms with Gasteiger partial charge in [-0.05, 0) is 22.4 Å². The smallest absolute Gasteiger partial charge is 0.328 e. The third kappa shape index (κ3) is 3.35. The summed E-state index contributed by atoms with van der Waals surface area (Å²) in [6.07, 6.45) is 1.68. The summed E-state index contributed by atoms with van der Waals surface area (Å²) in [5.41, 5.74) is -1.02. The molecule has 0 bridgehead atoms. The first-order valence-corrected chi connectivity index (χ1v) is 5.01. The van der Waals surface area contributed by atoms with Crippen molar-refractivity contribution in [2.24, 2.45) is 0 Å². The van der Waals surface area contributed by atoms with Gasteiger partial charge in [0.2, 0.25) is 0 Å². The standard InChI is InChI=1S/C8H9BrN2O4/c9-5-4-11(3-1-2-6(12)13)8(15)10-7(5)14/h4H,1-3H2,(H,12,13)(H,10,14,15). The van der Waals surface area contributed by atoms with Gasteiger partial charge in [-0.3, -0.25) is 19.1 Å². The number of carboxylic acid groups (broad SMARTS) is 1. The Bertz CT molecular complexity index is 476. The summed E-state index contributed by atoms with van der Waals surface area (Å²) in [7, 11) is 0. The summed E-state index contributed by atoms with van der Waals surface area (Å²) in [6, 6.07) is 0. The molecular formula is C8H9BrN2O4. The first kappa shape index (κ1) is 11.7. The average molecular weight is 277 g/mol. The van der Waals surface area contributed by atoms with E-state index in [1.807, 2.05) is 0 Å². The molecule has 15 heavy (non-hydrogen) atoms. The van der Waals surface area contributed by atoms with Crippen LogP contribution in [0.15, 0.2) is 20.3 Å². The average Bonchev–Trinajstić information content (AvgIpc) is 2.13. The first-order chi connectivity index (χ1) is 7.00. The van der Waals surface area contributed by atoms with Gasteiger partial charge in [-0.15, -0.1) is 0 Å². The van der Waals surface area contributed by atoms with Crippen LogP contribution in [0.2, 0.25) is 0 Å². The lowest BCUT2D eigenvalue weighted by atomic mass is 10.3. The molecule has 1 aromatic rings. The summed E-state index contributed by atoms with van der Waals surface area (Å²) < 4.78 is 1.51. The van der Waals surface area contributed by atoms with Gasteiger partial charge in [0.25, 0.3) is 5.56 Å². The zero-order valence-electron chi connectivity index (χ0n) is 7.70. The van der Waals surface area contributed by atoms with Crippen molar-refractivity contribution in [3.05, 3.63) is 31.5 Å². The number of carboxylic acids is 1. The van der Waals surface area contributed by atoms with Crippen molar-refractivity contribution in [1.29, 1.82) is 0 Å². The Morgan fingerprint density at radius 1 is 1.53 bits per heavy atom. The second-order valence-electron chi connectivity index (χ2n) is 2.93. The SMILES string of the molecule is O=C(O)CCCn1cc(Br)c(=O)[nH]c1=O. The molecule has 0 saturated carbocycles. The van der Waals surface area contributed by atoms with Crippen molar-refractivity contribution >= 4 is 21.9 Å². The molecule has 1 aromatic heterocycles. The van der Waals surface area contributed by atoms with E-state index >= 15 is 0 Å². The third-order valence-corrected chi connectivity index (χ3v) is 2.32. The van der Waals surface area contributed by atoms with Crippen molar-refractivity contribution < 1.29 is 9.90 Å². The summed E-state index contributed by atoms with van der Waals surface area (Å²) in [6.45, 7) is 0.264. The third-order valence-electron chi connectivity index (χ3n) is 1.76. The molecule has 0 aliphatic heterocycles. The zero-order chi connectivity index (χ0) is 11.4. The fourth-order valence-corrected chi connectivity index (χ4v) is 1.40. The van der Waals surface area contributed by atoms with Gasteiger partial charge in [0.1, 0.15) is 0 Å². The van der Waals surface area contributed by atoms with E-state index in [1.54, 1.807) is 0 Å². The lowest BCUT2D eigenvalue weighted by Crippen LogP contribution is -2.29. The van der Waals surface area contributed by atoms with Crippen molar-refractivity contribution in [3.8, 4) is 0 Å². The van der Waals surface area contributed by atoms with E-state index < -0.39 is 17.2 Å². The molecule has 0 atom stereocenters. The largest absolute Gasteiger partial charge is 0.481 e. The van der Waals surface area contributed by atoms with Crippen LogP contribution >= 0.6 is 15.9 Å². The van der Waals surface area contributed by atoms with Gasteiger partial charge in [0.15, 0.2) is 0 Å². The number of hydrogen-bond donors (Lipinski definition) is 2. The second-order valence-corrected chi connectivity index (χ2v) is 3.78. The number of rotatable bonds is 4. The molecule has 0 saturated heterocycles. The topological polar surface area (TPSA) is 92.2 Å². The molecular weight excluding hydrogens is 268 g/mol. The fourth-order valence-electron chi connectivity index (χ4n) is 1.05. The van der Waals surface area contributed by atoms with E-state index in [1.165, 1.54) is 10.8 Å². The molecule has 7 heteroatoms. The Labute approximate surface area is 92.7 Å². The zero-order valence-corrected chi connectivity index (χ0v) is 9.28. The van der Waals surface area contributed by atoms with E-state index in [-0.39, 0.29) is 17.4 Å². The lowest BCUT2D eigenvalue weighted by Gasteiger charge is -2.03. The van der Waals surface area contributed by atoms with Gasteiger partial charge in [-0.2, -0.15) is 0 Å². The minimum Gasteiger partial charge on any atom is -0.481 e. The number of carbonyl (C=O) groups is 1. The van der Waals surface area contributed by atoms with Gasteiger partial charge < -0.3 is 5.11 Å². The number of aromatic amines is 1. The van der Waals surface area contributed by atoms with E-state index in [2.05, 4.69) is 20.9 Å². The van der Waals surface area contributed by atoms with Crippen molar-refractivity contribution in [3.63, 3.8) is 0 Å². The molecule has 0 aliphatic carbocycles. The quantitative estimate of drug-likeness (QED) is 0.820. The van der Waals surface area contributed by atoms with Crippen LogP contribution in [0.3, 0.4) is 0 Å². The molecule has 0 amide bonds. The van der Waals surface area contributed by atoms with Gasteiger partial charge in [0, 0.05) is 19.2 Å². The minimum absolute atomic E-state index is 0.0107. The Hall–Kier alpha value is -1.37. The second kappa shape index (κ2) is 4.92. The van der Waals surface area contributed by atoms with Crippen molar-refractivity contribution in [2.45, 2.75) is 19.4 Å². The highest BCUT2D eigenvalue weighted by Gasteiger charge is 2.02. The number of aryl methyl sites for hydroxylation is 1. The summed E-state index contributed by atoms with van der Waals surface area (Å²) in [5, 5.41) is 8.41. The number of H-pyrrole nitrogens is 1. The molecule has 0 radical (unpaired) electrons. The molecule has 0 aliphatic rings. The van der Waals surface area contributed by atoms with Gasteiger partial charge >= 0.3 is 11.7 Å². The number of aliphatic carboxylic acids is 1. The number of halogens is 1. The lowest BCUT2D eigenvalue weighted by molar-refractivity contribution is -0.137. The highest BCUT2D eigenvalue weighted by Crippen LogP contribution is 1.99. The van der Waals surface area contributed by atoms with E-state index in [0.29, 0.717) is 6.42 Å². The number of aromatic nitrogens is 2. The van der Waals surface area contributed by atoms with E-state index in [4.69, 9.17) is 5.11 Å². The van der Waals surface area contributed by atoms with Gasteiger partial charge in [0.05, 0.1) is 4.47 Å². The Morgan fingerprint density at radius 2 is 2.20 bits per heavy atom. The van der Waals surface area contributed by atoms with Crippen LogP contribution in [0.1, 0.15) is 12.8 Å². The fraction of sp³-hybridized carbons (Fsp3) is 0.375. The maximum atomic E-state index is 11.2. The van der Waals surface area contributed by atoms with Crippen LogP contribution < -0.4 is 11.2 Å². The van der Waals surface area contributed by atoms with Crippen LogP contribution in [-0.4, -0.2) is 20.6 Å². The van der Waals surface area contributed by atoms with Crippen LogP contribution in [0.4, 0.5) is 0 Å². The molecule has 0 unspecified atom stereocenters. The highest BCUT2D eigenvalue weighted by molar-refractivity contribution is 9.10. The van der Waals surface area contributed by atoms with Crippen LogP contribution in [0, 0.1) is 0 Å². The molecule has 0 spiro atoms. The van der Waals surface area contributed by atoms with Crippen LogP contribution in [0.25, 0.3) is 0 Å². The molecule has 82 valence electrons. The molecule has 1 heterocycles. The first-order valence-electron chi connectivity index (χ1n) is 4.22. The number of nitrogens with one attached hydrogen (secondary N) is 1. The Morgan fingerprint density at radius 3 is 2.80 bits per heavy atom. The summed E-state index contributed by atoms with van der Waals surface area (Å²) in [4.78, 5) is 34.5. The van der Waals surface area contributed by atoms with E-state index in [0.717, 1.165) is 0 Å². The van der Waals surface area contributed by atoms with E-state index in [9.17, 15) is 14.4 Å². The van der Waals surface area contributed by atoms with Gasteiger partial charge in [-0.1, -0.05) is 0 Å². The van der Waals surface area contributed by atoms with Crippen LogP contribution in [-0.2, 0) is 11.3 Å². The molecule has 1 rings (SSSR count). The van der Waals surface area contributed by atoms with Crippen molar-refractivity contribution in [2.75, 3.05) is 0 Å². The predicted molar refractivity (Wildman–Crippen MR) is 55.9 cm³/mol.